The molecule has 0 radical (unpaired) electrons. The average Bonchev–Trinajstić information content (AvgIpc) is 2.69. The first-order valence-electron chi connectivity index (χ1n) is 9.43. The quantitative estimate of drug-likeness (QED) is 0.650. The minimum absolute atomic E-state index is 0.253. The number of aliphatic imine (C=N–C) groups is 1. The molecule has 0 saturated carbocycles. The summed E-state index contributed by atoms with van der Waals surface area (Å²) in [5, 5.41) is 3.41. The molecule has 6 nitrogen and oxygen atoms in total. The van der Waals surface area contributed by atoms with Gasteiger partial charge in [-0.2, -0.15) is 0 Å². The van der Waals surface area contributed by atoms with Crippen LogP contribution in [0.3, 0.4) is 0 Å². The Kier molecular flexibility index (Phi) is 6.65. The van der Waals surface area contributed by atoms with Gasteiger partial charge in [0.15, 0.2) is 5.96 Å². The fraction of sp³-hybridized carbons (Fsp3) is 0.429. The zero-order valence-electron chi connectivity index (χ0n) is 16.4. The zero-order chi connectivity index (χ0) is 19.1. The maximum atomic E-state index is 5.60. The molecule has 144 valence electrons. The van der Waals surface area contributed by atoms with Crippen LogP contribution >= 0.6 is 0 Å². The maximum absolute atomic E-state index is 5.60. The van der Waals surface area contributed by atoms with Crippen LogP contribution in [0.1, 0.15) is 18.1 Å². The van der Waals surface area contributed by atoms with Gasteiger partial charge in [0.2, 0.25) is 0 Å². The zero-order valence-corrected chi connectivity index (χ0v) is 16.4. The van der Waals surface area contributed by atoms with Crippen LogP contribution in [0, 0.1) is 0 Å². The van der Waals surface area contributed by atoms with E-state index in [2.05, 4.69) is 46.4 Å². The van der Waals surface area contributed by atoms with E-state index in [0.717, 1.165) is 43.6 Å². The minimum atomic E-state index is 0.253. The van der Waals surface area contributed by atoms with Crippen molar-refractivity contribution >= 4 is 11.8 Å². The number of pyridine rings is 1. The summed E-state index contributed by atoms with van der Waals surface area (Å²) in [6.45, 7) is 5.99. The van der Waals surface area contributed by atoms with Gasteiger partial charge in [-0.25, -0.2) is 9.98 Å². The van der Waals surface area contributed by atoms with Crippen molar-refractivity contribution in [3.8, 4) is 0 Å². The number of hydrogen-bond donors (Lipinski definition) is 1. The molecule has 1 aliphatic heterocycles. The van der Waals surface area contributed by atoms with Gasteiger partial charge in [-0.1, -0.05) is 36.4 Å². The molecule has 2 aromatic rings. The lowest BCUT2D eigenvalue weighted by Gasteiger charge is -2.32. The highest BCUT2D eigenvalue weighted by atomic mass is 16.5. The van der Waals surface area contributed by atoms with Crippen molar-refractivity contribution in [3.63, 3.8) is 0 Å². The molecular formula is C21H29N5O. The number of rotatable bonds is 5. The molecule has 0 bridgehead atoms. The molecule has 1 fully saturated rings. The van der Waals surface area contributed by atoms with E-state index in [-0.39, 0.29) is 6.10 Å². The highest BCUT2D eigenvalue weighted by Crippen LogP contribution is 2.15. The lowest BCUT2D eigenvalue weighted by molar-refractivity contribution is 0.0529. The molecular weight excluding hydrogens is 338 g/mol. The summed E-state index contributed by atoms with van der Waals surface area (Å²) >= 11 is 0. The number of nitrogens with zero attached hydrogens (tertiary/aromatic N) is 4. The smallest absolute Gasteiger partial charge is 0.194 e. The molecule has 1 N–H and O–H groups in total. The van der Waals surface area contributed by atoms with E-state index in [1.807, 2.05) is 43.4 Å². The summed E-state index contributed by atoms with van der Waals surface area (Å²) < 4.78 is 5.60. The largest absolute Gasteiger partial charge is 0.375 e. The first kappa shape index (κ1) is 19.2. The molecule has 0 amide bonds. The van der Waals surface area contributed by atoms with Crippen LogP contribution in [0.25, 0.3) is 0 Å². The van der Waals surface area contributed by atoms with Crippen LogP contribution < -0.4 is 10.2 Å². The molecule has 1 saturated heterocycles. The van der Waals surface area contributed by atoms with Crippen LogP contribution in [-0.4, -0.2) is 55.7 Å². The molecule has 3 rings (SSSR count). The Bertz CT molecular complexity index is 730. The van der Waals surface area contributed by atoms with Crippen LogP contribution in [0.5, 0.6) is 0 Å². The lowest BCUT2D eigenvalue weighted by atomic mass is 10.2. The van der Waals surface area contributed by atoms with E-state index in [4.69, 9.17) is 9.73 Å². The third kappa shape index (κ3) is 5.69. The Morgan fingerprint density at radius 3 is 2.70 bits per heavy atom. The molecule has 1 unspecified atom stereocenters. The van der Waals surface area contributed by atoms with E-state index in [9.17, 15) is 0 Å². The molecule has 6 heteroatoms. The van der Waals surface area contributed by atoms with E-state index in [1.165, 1.54) is 5.56 Å². The summed E-state index contributed by atoms with van der Waals surface area (Å²) in [6, 6.07) is 14.5. The van der Waals surface area contributed by atoms with Crippen molar-refractivity contribution in [1.29, 1.82) is 0 Å². The molecule has 0 spiro atoms. The fourth-order valence-corrected chi connectivity index (χ4v) is 3.02. The summed E-state index contributed by atoms with van der Waals surface area (Å²) in [6.07, 6.45) is 2.17. The second-order valence-electron chi connectivity index (χ2n) is 7.03. The van der Waals surface area contributed by atoms with Gasteiger partial charge in [0, 0.05) is 39.9 Å². The number of hydrogen-bond acceptors (Lipinski definition) is 4. The monoisotopic (exact) mass is 367 g/mol. The highest BCUT2D eigenvalue weighted by Gasteiger charge is 2.17. The Hall–Kier alpha value is -2.60. The SMILES string of the molecule is CC1CN(c2ccc(CN=C(NCc3ccccc3)N(C)C)cn2)CCO1. The van der Waals surface area contributed by atoms with Crippen molar-refractivity contribution in [2.24, 2.45) is 4.99 Å². The predicted octanol–water partition coefficient (Wildman–Crippen LogP) is 2.51. The second-order valence-corrected chi connectivity index (χ2v) is 7.03. The normalized spacial score (nSPS) is 17.7. The molecule has 0 aliphatic carbocycles. The number of aromatic nitrogens is 1. The Balaban J connectivity index is 1.58. The van der Waals surface area contributed by atoms with Crippen molar-refractivity contribution in [2.45, 2.75) is 26.1 Å². The first-order valence-corrected chi connectivity index (χ1v) is 9.43. The number of morpholine rings is 1. The number of ether oxygens (including phenoxy) is 1. The third-order valence-corrected chi connectivity index (χ3v) is 4.50. The van der Waals surface area contributed by atoms with Crippen LogP contribution in [-0.2, 0) is 17.8 Å². The van der Waals surface area contributed by atoms with Crippen molar-refractivity contribution < 1.29 is 4.74 Å². The molecule has 1 aromatic carbocycles. The van der Waals surface area contributed by atoms with Gasteiger partial charge in [0.25, 0.3) is 0 Å². The summed E-state index contributed by atoms with van der Waals surface area (Å²) in [7, 11) is 4.00. The van der Waals surface area contributed by atoms with Gasteiger partial charge in [-0.15, -0.1) is 0 Å². The Morgan fingerprint density at radius 1 is 1.22 bits per heavy atom. The Morgan fingerprint density at radius 2 is 2.04 bits per heavy atom. The molecule has 1 aromatic heterocycles. The topological polar surface area (TPSA) is 53.0 Å². The molecule has 1 atom stereocenters. The van der Waals surface area contributed by atoms with Crippen LogP contribution in [0.15, 0.2) is 53.7 Å². The predicted molar refractivity (Wildman–Crippen MR) is 110 cm³/mol. The number of anilines is 1. The van der Waals surface area contributed by atoms with Crippen LogP contribution in [0.4, 0.5) is 5.82 Å². The van der Waals surface area contributed by atoms with Gasteiger partial charge >= 0.3 is 0 Å². The van der Waals surface area contributed by atoms with E-state index < -0.39 is 0 Å². The summed E-state index contributed by atoms with van der Waals surface area (Å²) in [5.41, 5.74) is 2.33. The number of benzene rings is 1. The van der Waals surface area contributed by atoms with E-state index >= 15 is 0 Å². The van der Waals surface area contributed by atoms with Gasteiger partial charge in [-0.3, -0.25) is 0 Å². The standard InChI is InChI=1S/C21H29N5O/c1-17-16-26(11-12-27-17)20-10-9-19(14-22-20)15-24-21(25(2)3)23-13-18-7-5-4-6-8-18/h4-10,14,17H,11-13,15-16H2,1-3H3,(H,23,24). The number of nitrogens with one attached hydrogen (secondary N) is 1. The van der Waals surface area contributed by atoms with Gasteiger partial charge in [0.05, 0.1) is 19.3 Å². The number of guanidine groups is 1. The van der Waals surface area contributed by atoms with Crippen molar-refractivity contribution in [2.75, 3.05) is 38.7 Å². The average molecular weight is 367 g/mol. The highest BCUT2D eigenvalue weighted by molar-refractivity contribution is 5.79. The Labute approximate surface area is 161 Å². The van der Waals surface area contributed by atoms with Gasteiger partial charge < -0.3 is 19.9 Å². The molecule has 27 heavy (non-hydrogen) atoms. The summed E-state index contributed by atoms with van der Waals surface area (Å²) in [5.74, 6) is 1.87. The fourth-order valence-electron chi connectivity index (χ4n) is 3.02. The van der Waals surface area contributed by atoms with Crippen molar-refractivity contribution in [1.82, 2.24) is 15.2 Å². The van der Waals surface area contributed by atoms with Gasteiger partial charge in [0.1, 0.15) is 5.82 Å². The van der Waals surface area contributed by atoms with Crippen LogP contribution in [0.2, 0.25) is 0 Å². The summed E-state index contributed by atoms with van der Waals surface area (Å²) in [4.78, 5) is 13.6. The van der Waals surface area contributed by atoms with E-state index in [1.54, 1.807) is 0 Å². The lowest BCUT2D eigenvalue weighted by Crippen LogP contribution is -2.41. The second kappa shape index (κ2) is 9.37. The molecule has 2 heterocycles. The maximum Gasteiger partial charge on any atom is 0.194 e. The van der Waals surface area contributed by atoms with Gasteiger partial charge in [-0.05, 0) is 24.1 Å². The first-order chi connectivity index (χ1) is 13.1. The van der Waals surface area contributed by atoms with E-state index in [0.29, 0.717) is 6.54 Å². The third-order valence-electron chi connectivity index (χ3n) is 4.50. The minimum Gasteiger partial charge on any atom is -0.375 e. The molecule has 1 aliphatic rings. The van der Waals surface area contributed by atoms with Crippen molar-refractivity contribution in [3.05, 3.63) is 59.8 Å².